The first-order chi connectivity index (χ1) is 8.49. The van der Waals surface area contributed by atoms with E-state index in [2.05, 4.69) is 5.32 Å². The summed E-state index contributed by atoms with van der Waals surface area (Å²) in [4.78, 5) is 10.1. The lowest BCUT2D eigenvalue weighted by Crippen LogP contribution is -2.16. The van der Waals surface area contributed by atoms with Crippen LogP contribution in [-0.2, 0) is 0 Å². The Kier molecular flexibility index (Phi) is 3.19. The van der Waals surface area contributed by atoms with Gasteiger partial charge in [0.2, 0.25) is 0 Å². The summed E-state index contributed by atoms with van der Waals surface area (Å²) in [7, 11) is 0. The Morgan fingerprint density at radius 2 is 2.11 bits per heavy atom. The predicted octanol–water partition coefficient (Wildman–Crippen LogP) is 3.48. The fourth-order valence-electron chi connectivity index (χ4n) is 1.97. The molecule has 0 unspecified atom stereocenters. The molecule has 0 radical (unpaired) electrons. The van der Waals surface area contributed by atoms with Crippen molar-refractivity contribution in [3.63, 3.8) is 0 Å². The first-order valence-electron chi connectivity index (χ1n) is 5.85. The molecule has 1 fully saturated rings. The molecule has 6 heteroatoms. The van der Waals surface area contributed by atoms with Crippen molar-refractivity contribution in [2.24, 2.45) is 5.41 Å². The Balaban J connectivity index is 2.24. The van der Waals surface area contributed by atoms with Gasteiger partial charge < -0.3 is 5.32 Å². The number of benzene rings is 1. The number of nitrogens with one attached hydrogen (secondary N) is 1. The van der Waals surface area contributed by atoms with Crippen molar-refractivity contribution in [2.45, 2.75) is 26.2 Å². The summed E-state index contributed by atoms with van der Waals surface area (Å²) in [6.45, 7) is 2.45. The molecule has 1 aromatic carbocycles. The number of nitrogens with zero attached hydrogens (tertiary/aromatic N) is 1. The SMILES string of the molecule is CCC1(CNc2c([N+](=O)[O-])ccc(F)c2F)CC1. The monoisotopic (exact) mass is 256 g/mol. The van der Waals surface area contributed by atoms with Crippen LogP contribution in [0.1, 0.15) is 26.2 Å². The quantitative estimate of drug-likeness (QED) is 0.648. The lowest BCUT2D eigenvalue weighted by Gasteiger charge is -2.15. The molecule has 1 N–H and O–H groups in total. The van der Waals surface area contributed by atoms with Crippen molar-refractivity contribution in [3.05, 3.63) is 33.9 Å². The lowest BCUT2D eigenvalue weighted by molar-refractivity contribution is -0.384. The van der Waals surface area contributed by atoms with Crippen molar-refractivity contribution in [3.8, 4) is 0 Å². The molecule has 1 saturated carbocycles. The molecule has 1 aromatic rings. The first-order valence-corrected chi connectivity index (χ1v) is 5.85. The topological polar surface area (TPSA) is 55.2 Å². The van der Waals surface area contributed by atoms with E-state index < -0.39 is 22.2 Å². The minimum absolute atomic E-state index is 0.0899. The van der Waals surface area contributed by atoms with E-state index in [1.165, 1.54) is 0 Å². The van der Waals surface area contributed by atoms with Crippen molar-refractivity contribution in [2.75, 3.05) is 11.9 Å². The third-order valence-electron chi connectivity index (χ3n) is 3.62. The average molecular weight is 256 g/mol. The van der Waals surface area contributed by atoms with Crippen LogP contribution < -0.4 is 5.32 Å². The van der Waals surface area contributed by atoms with E-state index in [0.717, 1.165) is 31.4 Å². The van der Waals surface area contributed by atoms with E-state index >= 15 is 0 Å². The number of halogens is 2. The molecule has 0 aliphatic heterocycles. The lowest BCUT2D eigenvalue weighted by atomic mass is 10.0. The van der Waals surface area contributed by atoms with Gasteiger partial charge in [0.15, 0.2) is 17.3 Å². The maximum atomic E-state index is 13.6. The highest BCUT2D eigenvalue weighted by atomic mass is 19.2. The standard InChI is InChI=1S/C12H14F2N2O2/c1-2-12(5-6-12)7-15-11-9(16(17)18)4-3-8(13)10(11)14/h3-4,15H,2,5-7H2,1H3. The largest absolute Gasteiger partial charge is 0.376 e. The second-order valence-corrected chi connectivity index (χ2v) is 4.72. The molecular weight excluding hydrogens is 242 g/mol. The summed E-state index contributed by atoms with van der Waals surface area (Å²) in [5.74, 6) is -2.26. The Hall–Kier alpha value is -1.72. The summed E-state index contributed by atoms with van der Waals surface area (Å²) in [6.07, 6.45) is 2.95. The fraction of sp³-hybridized carbons (Fsp3) is 0.500. The Morgan fingerprint density at radius 3 is 2.61 bits per heavy atom. The zero-order chi connectivity index (χ0) is 13.3. The van der Waals surface area contributed by atoms with E-state index in [1.807, 2.05) is 6.92 Å². The summed E-state index contributed by atoms with van der Waals surface area (Å²) < 4.78 is 26.7. The predicted molar refractivity (Wildman–Crippen MR) is 63.5 cm³/mol. The van der Waals surface area contributed by atoms with Crippen LogP contribution in [0.3, 0.4) is 0 Å². The third kappa shape index (κ3) is 2.27. The van der Waals surface area contributed by atoms with Crippen LogP contribution in [0.4, 0.5) is 20.2 Å². The van der Waals surface area contributed by atoms with E-state index in [9.17, 15) is 18.9 Å². The minimum atomic E-state index is -1.18. The van der Waals surface area contributed by atoms with Crippen LogP contribution in [0.2, 0.25) is 0 Å². The average Bonchev–Trinajstić information content (AvgIpc) is 3.11. The molecular formula is C12H14F2N2O2. The van der Waals surface area contributed by atoms with Crippen LogP contribution >= 0.6 is 0 Å². The normalized spacial score (nSPS) is 16.4. The van der Waals surface area contributed by atoms with Gasteiger partial charge in [-0.3, -0.25) is 10.1 Å². The van der Waals surface area contributed by atoms with Crippen LogP contribution in [0.15, 0.2) is 12.1 Å². The highest BCUT2D eigenvalue weighted by Gasteiger charge is 2.40. The van der Waals surface area contributed by atoms with Gasteiger partial charge in [0.05, 0.1) is 4.92 Å². The van der Waals surface area contributed by atoms with Crippen LogP contribution in [0.25, 0.3) is 0 Å². The number of anilines is 1. The highest BCUT2D eigenvalue weighted by molar-refractivity contribution is 5.62. The van der Waals surface area contributed by atoms with Gasteiger partial charge in [-0.1, -0.05) is 6.92 Å². The van der Waals surface area contributed by atoms with Gasteiger partial charge in [0, 0.05) is 12.6 Å². The number of nitro groups is 1. The highest BCUT2D eigenvalue weighted by Crippen LogP contribution is 2.48. The van der Waals surface area contributed by atoms with Gasteiger partial charge in [0.25, 0.3) is 5.69 Å². The van der Waals surface area contributed by atoms with E-state index in [1.54, 1.807) is 0 Å². The molecule has 1 aliphatic carbocycles. The number of rotatable bonds is 5. The fourth-order valence-corrected chi connectivity index (χ4v) is 1.97. The number of nitro benzene ring substituents is 1. The first kappa shape index (κ1) is 12.7. The molecule has 0 spiro atoms. The van der Waals surface area contributed by atoms with Crippen molar-refractivity contribution in [1.82, 2.24) is 0 Å². The molecule has 0 amide bonds. The van der Waals surface area contributed by atoms with Crippen LogP contribution in [0, 0.1) is 27.2 Å². The van der Waals surface area contributed by atoms with E-state index in [0.29, 0.717) is 6.54 Å². The number of hydrogen-bond donors (Lipinski definition) is 1. The maximum Gasteiger partial charge on any atom is 0.295 e. The van der Waals surface area contributed by atoms with E-state index in [-0.39, 0.29) is 11.1 Å². The minimum Gasteiger partial charge on any atom is -0.376 e. The molecule has 1 aliphatic rings. The van der Waals surface area contributed by atoms with Gasteiger partial charge in [-0.15, -0.1) is 0 Å². The number of hydrogen-bond acceptors (Lipinski definition) is 3. The van der Waals surface area contributed by atoms with Gasteiger partial charge >= 0.3 is 0 Å². The molecule has 0 heterocycles. The van der Waals surface area contributed by atoms with Gasteiger partial charge in [0.1, 0.15) is 0 Å². The molecule has 0 saturated heterocycles. The summed E-state index contributed by atoms with van der Waals surface area (Å²) >= 11 is 0. The summed E-state index contributed by atoms with van der Waals surface area (Å²) in [6, 6.07) is 1.75. The van der Waals surface area contributed by atoms with Gasteiger partial charge in [-0.25, -0.2) is 8.78 Å². The molecule has 18 heavy (non-hydrogen) atoms. The maximum absolute atomic E-state index is 13.6. The molecule has 98 valence electrons. The van der Waals surface area contributed by atoms with E-state index in [4.69, 9.17) is 0 Å². The van der Waals surface area contributed by atoms with Gasteiger partial charge in [-0.2, -0.15) is 0 Å². The molecule has 0 bridgehead atoms. The molecule has 0 aromatic heterocycles. The van der Waals surface area contributed by atoms with Crippen molar-refractivity contribution in [1.29, 1.82) is 0 Å². The molecule has 0 atom stereocenters. The summed E-state index contributed by atoms with van der Waals surface area (Å²) in [5, 5.41) is 13.5. The van der Waals surface area contributed by atoms with Crippen LogP contribution in [0.5, 0.6) is 0 Å². The van der Waals surface area contributed by atoms with Crippen molar-refractivity contribution < 1.29 is 13.7 Å². The summed E-state index contributed by atoms with van der Waals surface area (Å²) in [5.41, 5.74) is -0.687. The second-order valence-electron chi connectivity index (χ2n) is 4.72. The second kappa shape index (κ2) is 4.51. The Morgan fingerprint density at radius 1 is 1.44 bits per heavy atom. The smallest absolute Gasteiger partial charge is 0.295 e. The van der Waals surface area contributed by atoms with Crippen molar-refractivity contribution >= 4 is 11.4 Å². The Labute approximate surface area is 103 Å². The zero-order valence-electron chi connectivity index (χ0n) is 10.0. The zero-order valence-corrected chi connectivity index (χ0v) is 10.0. The molecule has 4 nitrogen and oxygen atoms in total. The van der Waals surface area contributed by atoms with Crippen LogP contribution in [-0.4, -0.2) is 11.5 Å². The third-order valence-corrected chi connectivity index (χ3v) is 3.62. The van der Waals surface area contributed by atoms with Gasteiger partial charge in [-0.05, 0) is 30.7 Å². The Bertz CT molecular complexity index is 487. The molecule has 2 rings (SSSR count).